The molecule has 0 aliphatic carbocycles. The van der Waals surface area contributed by atoms with Crippen molar-refractivity contribution in [1.82, 2.24) is 5.32 Å². The Labute approximate surface area is 103 Å². The molecule has 0 aromatic carbocycles. The lowest BCUT2D eigenvalue weighted by atomic mass is 9.87. The molecule has 5 nitrogen and oxygen atoms in total. The summed E-state index contributed by atoms with van der Waals surface area (Å²) in [6.07, 6.45) is 0.791. The van der Waals surface area contributed by atoms with Gasteiger partial charge in [-0.1, -0.05) is 34.1 Å². The van der Waals surface area contributed by atoms with E-state index < -0.39 is 12.0 Å². The molecule has 17 heavy (non-hydrogen) atoms. The van der Waals surface area contributed by atoms with E-state index in [-0.39, 0.29) is 23.7 Å². The smallest absolute Gasteiger partial charge is 0.303 e. The predicted octanol–water partition coefficient (Wildman–Crippen LogP) is 0.977. The molecule has 1 amide bonds. The van der Waals surface area contributed by atoms with Gasteiger partial charge in [-0.3, -0.25) is 9.59 Å². The number of amides is 1. The lowest BCUT2D eigenvalue weighted by molar-refractivity contribution is -0.138. The molecule has 0 aromatic rings. The molecule has 0 aliphatic heterocycles. The van der Waals surface area contributed by atoms with Crippen LogP contribution in [0.3, 0.4) is 0 Å². The van der Waals surface area contributed by atoms with Crippen LogP contribution in [-0.2, 0) is 9.59 Å². The molecule has 0 aliphatic rings. The van der Waals surface area contributed by atoms with Crippen molar-refractivity contribution in [3.8, 4) is 0 Å². The van der Waals surface area contributed by atoms with Gasteiger partial charge in [-0.05, 0) is 11.3 Å². The second-order valence-electron chi connectivity index (χ2n) is 5.46. The fourth-order valence-corrected chi connectivity index (χ4v) is 1.36. The van der Waals surface area contributed by atoms with Crippen LogP contribution in [0.25, 0.3) is 0 Å². The number of carbonyl (C=O) groups excluding carboxylic acids is 1. The van der Waals surface area contributed by atoms with Crippen molar-refractivity contribution >= 4 is 11.9 Å². The van der Waals surface area contributed by atoms with Crippen molar-refractivity contribution in [2.24, 2.45) is 17.1 Å². The molecule has 0 saturated heterocycles. The van der Waals surface area contributed by atoms with E-state index in [0.717, 1.165) is 6.42 Å². The van der Waals surface area contributed by atoms with Gasteiger partial charge in [-0.15, -0.1) is 0 Å². The highest BCUT2D eigenvalue weighted by Gasteiger charge is 2.27. The Morgan fingerprint density at radius 3 is 2.24 bits per heavy atom. The zero-order chi connectivity index (χ0) is 13.6. The maximum Gasteiger partial charge on any atom is 0.303 e. The van der Waals surface area contributed by atoms with Gasteiger partial charge in [0.2, 0.25) is 5.91 Å². The van der Waals surface area contributed by atoms with Crippen LogP contribution in [0.15, 0.2) is 0 Å². The minimum Gasteiger partial charge on any atom is -0.481 e. The number of aliphatic carboxylic acids is 1. The van der Waals surface area contributed by atoms with Crippen molar-refractivity contribution in [3.05, 3.63) is 0 Å². The van der Waals surface area contributed by atoms with Gasteiger partial charge >= 0.3 is 5.97 Å². The Kier molecular flexibility index (Phi) is 6.16. The van der Waals surface area contributed by atoms with Gasteiger partial charge in [0.25, 0.3) is 0 Å². The number of hydrogen-bond donors (Lipinski definition) is 3. The van der Waals surface area contributed by atoms with Gasteiger partial charge in [-0.2, -0.15) is 0 Å². The van der Waals surface area contributed by atoms with Gasteiger partial charge in [0, 0.05) is 13.0 Å². The molecule has 0 heterocycles. The molecule has 0 aromatic heterocycles. The average Bonchev–Trinajstić information content (AvgIpc) is 2.20. The highest BCUT2D eigenvalue weighted by atomic mass is 16.4. The van der Waals surface area contributed by atoms with E-state index in [4.69, 9.17) is 10.8 Å². The quantitative estimate of drug-likeness (QED) is 0.649. The van der Waals surface area contributed by atoms with Crippen LogP contribution in [-0.4, -0.2) is 29.6 Å². The zero-order valence-electron chi connectivity index (χ0n) is 11.1. The fraction of sp³-hybridized carbons (Fsp3) is 0.833. The van der Waals surface area contributed by atoms with E-state index in [9.17, 15) is 9.59 Å². The molecule has 0 fully saturated rings. The molecule has 0 saturated carbocycles. The van der Waals surface area contributed by atoms with Crippen molar-refractivity contribution < 1.29 is 14.7 Å². The predicted molar refractivity (Wildman–Crippen MR) is 66.5 cm³/mol. The van der Waals surface area contributed by atoms with Gasteiger partial charge < -0.3 is 16.2 Å². The third kappa shape index (κ3) is 6.26. The molecule has 0 radical (unpaired) electrons. The van der Waals surface area contributed by atoms with E-state index in [2.05, 4.69) is 5.32 Å². The minimum atomic E-state index is -0.841. The van der Waals surface area contributed by atoms with Crippen molar-refractivity contribution in [1.29, 1.82) is 0 Å². The first-order valence-electron chi connectivity index (χ1n) is 5.93. The maximum absolute atomic E-state index is 11.7. The monoisotopic (exact) mass is 244 g/mol. The molecule has 100 valence electrons. The summed E-state index contributed by atoms with van der Waals surface area (Å²) in [6, 6.07) is -0.579. The number of nitrogens with two attached hydrogens (primary N) is 1. The first-order chi connectivity index (χ1) is 7.68. The van der Waals surface area contributed by atoms with Crippen LogP contribution in [0, 0.1) is 11.3 Å². The highest BCUT2D eigenvalue weighted by Crippen LogP contribution is 2.17. The summed E-state index contributed by atoms with van der Waals surface area (Å²) in [5.74, 6) is -1.10. The molecule has 4 N–H and O–H groups in total. The molecular formula is C12H24N2O3. The summed E-state index contributed by atoms with van der Waals surface area (Å²) < 4.78 is 0. The molecular weight excluding hydrogens is 220 g/mol. The number of hydrogen-bond acceptors (Lipinski definition) is 3. The van der Waals surface area contributed by atoms with Crippen LogP contribution in [0.4, 0.5) is 0 Å². The molecule has 0 spiro atoms. The first-order valence-corrected chi connectivity index (χ1v) is 5.93. The third-order valence-electron chi connectivity index (χ3n) is 2.82. The van der Waals surface area contributed by atoms with E-state index in [1.165, 1.54) is 0 Å². The Morgan fingerprint density at radius 2 is 1.88 bits per heavy atom. The van der Waals surface area contributed by atoms with Crippen LogP contribution in [0.2, 0.25) is 0 Å². The lowest BCUT2D eigenvalue weighted by Crippen LogP contribution is -2.49. The third-order valence-corrected chi connectivity index (χ3v) is 2.82. The second kappa shape index (κ2) is 6.59. The van der Waals surface area contributed by atoms with Crippen LogP contribution in [0.5, 0.6) is 0 Å². The van der Waals surface area contributed by atoms with E-state index >= 15 is 0 Å². The second-order valence-corrected chi connectivity index (χ2v) is 5.46. The Hall–Kier alpha value is -1.10. The van der Waals surface area contributed by atoms with Gasteiger partial charge in [0.05, 0.1) is 6.04 Å². The summed E-state index contributed by atoms with van der Waals surface area (Å²) in [6.45, 7) is 7.96. The topological polar surface area (TPSA) is 92.4 Å². The summed E-state index contributed by atoms with van der Waals surface area (Å²) >= 11 is 0. The van der Waals surface area contributed by atoms with E-state index in [1.807, 2.05) is 27.7 Å². The van der Waals surface area contributed by atoms with Crippen molar-refractivity contribution in [2.75, 3.05) is 6.54 Å². The van der Waals surface area contributed by atoms with E-state index in [0.29, 0.717) is 6.54 Å². The van der Waals surface area contributed by atoms with Crippen LogP contribution < -0.4 is 11.1 Å². The van der Waals surface area contributed by atoms with Crippen LogP contribution in [0.1, 0.15) is 40.5 Å². The zero-order valence-corrected chi connectivity index (χ0v) is 11.1. The normalized spacial score (nSPS) is 15.1. The van der Waals surface area contributed by atoms with Gasteiger partial charge in [-0.25, -0.2) is 0 Å². The first kappa shape index (κ1) is 15.9. The largest absolute Gasteiger partial charge is 0.481 e. The Bertz CT molecular complexity index is 271. The van der Waals surface area contributed by atoms with Gasteiger partial charge in [0.1, 0.15) is 0 Å². The molecule has 5 heteroatoms. The highest BCUT2D eigenvalue weighted by molar-refractivity contribution is 5.82. The van der Waals surface area contributed by atoms with Crippen LogP contribution >= 0.6 is 0 Å². The number of carbonyl (C=O) groups is 2. The SMILES string of the molecule is CCC(CNC(=O)[C@H](N)C(C)(C)C)CC(=O)O. The number of carboxylic acids is 1. The standard InChI is InChI=1S/C12H24N2O3/c1-5-8(6-9(15)16)7-14-11(17)10(13)12(2,3)4/h8,10H,5-7,13H2,1-4H3,(H,14,17)(H,15,16)/t8?,10-/m0/s1. The number of carboxylic acid groups (broad SMARTS) is 1. The molecule has 1 unspecified atom stereocenters. The fourth-order valence-electron chi connectivity index (χ4n) is 1.36. The molecule has 2 atom stereocenters. The van der Waals surface area contributed by atoms with Crippen molar-refractivity contribution in [3.63, 3.8) is 0 Å². The summed E-state index contributed by atoms with van der Waals surface area (Å²) in [7, 11) is 0. The Morgan fingerprint density at radius 1 is 1.35 bits per heavy atom. The molecule has 0 rings (SSSR count). The lowest BCUT2D eigenvalue weighted by Gasteiger charge is -2.26. The maximum atomic E-state index is 11.7. The summed E-state index contributed by atoms with van der Waals surface area (Å²) in [5, 5.41) is 11.4. The summed E-state index contributed by atoms with van der Waals surface area (Å²) in [5.41, 5.74) is 5.50. The number of nitrogens with one attached hydrogen (secondary N) is 1. The Balaban J connectivity index is 4.18. The van der Waals surface area contributed by atoms with Crippen molar-refractivity contribution in [2.45, 2.75) is 46.6 Å². The molecule has 0 bridgehead atoms. The minimum absolute atomic E-state index is 0.0383. The van der Waals surface area contributed by atoms with E-state index in [1.54, 1.807) is 0 Å². The number of rotatable bonds is 6. The summed E-state index contributed by atoms with van der Waals surface area (Å²) in [4.78, 5) is 22.3. The average molecular weight is 244 g/mol. The van der Waals surface area contributed by atoms with Gasteiger partial charge in [0.15, 0.2) is 0 Å².